The summed E-state index contributed by atoms with van der Waals surface area (Å²) in [6.07, 6.45) is 0. The molecule has 11 heteroatoms. The summed E-state index contributed by atoms with van der Waals surface area (Å²) in [5.74, 6) is -30.4. The maximum atomic E-state index is 12.7. The molecule has 0 aromatic rings. The van der Waals surface area contributed by atoms with Gasteiger partial charge in [0, 0.05) is 0 Å². The zero-order chi connectivity index (χ0) is 14.7. The van der Waals surface area contributed by atoms with Crippen molar-refractivity contribution in [3.05, 3.63) is 11.4 Å². The van der Waals surface area contributed by atoms with Gasteiger partial charge in [-0.1, -0.05) is 0 Å². The highest BCUT2D eigenvalue weighted by Crippen LogP contribution is 2.62. The first kappa shape index (κ1) is 14.8. The molecule has 0 aromatic carbocycles. The summed E-state index contributed by atoms with van der Waals surface area (Å²) in [5, 5.41) is 0. The van der Waals surface area contributed by atoms with Crippen molar-refractivity contribution in [3.8, 4) is 0 Å². The highest BCUT2D eigenvalue weighted by molar-refractivity contribution is 5.91. The molecule has 0 radical (unpaired) electrons. The third-order valence-electron chi connectivity index (χ3n) is 2.19. The van der Waals surface area contributed by atoms with E-state index in [9.17, 15) is 48.7 Å². The van der Waals surface area contributed by atoms with E-state index in [1.165, 1.54) is 0 Å². The molecule has 1 nitrogen and oxygen atoms in total. The summed E-state index contributed by atoms with van der Waals surface area (Å²) in [6, 6.07) is -3.69. The Kier molecular flexibility index (Phi) is 2.77. The van der Waals surface area contributed by atoms with E-state index < -0.39 is 41.1 Å². The van der Waals surface area contributed by atoms with E-state index in [-0.39, 0.29) is 0 Å². The van der Waals surface area contributed by atoms with Gasteiger partial charge in [-0.2, -0.15) is 39.5 Å². The smallest absolute Gasteiger partial charge is 0.255 e. The van der Waals surface area contributed by atoms with E-state index in [4.69, 9.17) is 0 Å². The van der Waals surface area contributed by atoms with Gasteiger partial charge in [0.2, 0.25) is 0 Å². The Bertz CT molecular complexity index is 434. The van der Waals surface area contributed by atoms with Crippen molar-refractivity contribution in [3.63, 3.8) is 0 Å². The number of hydrogen-bond donors (Lipinski definition) is 0. The molecule has 0 fully saturated rings. The lowest BCUT2D eigenvalue weighted by atomic mass is 9.85. The lowest BCUT2D eigenvalue weighted by molar-refractivity contribution is -0.362. The first-order valence-electron chi connectivity index (χ1n) is 3.84. The third kappa shape index (κ3) is 1.32. The largest absolute Gasteiger partial charge is 0.385 e. The number of rotatable bonds is 1. The van der Waals surface area contributed by atoms with Crippen molar-refractivity contribution in [2.24, 2.45) is 0 Å². The standard InChI is InChI=1S/C7F10O/c8-2-1(3(9)18)4(10,11)6(14,15)7(16,17)5(2,12)13. The Morgan fingerprint density at radius 2 is 1.11 bits per heavy atom. The summed E-state index contributed by atoms with van der Waals surface area (Å²) in [7, 11) is 0. The van der Waals surface area contributed by atoms with Crippen LogP contribution in [0.15, 0.2) is 11.4 Å². The topological polar surface area (TPSA) is 17.1 Å². The Morgan fingerprint density at radius 3 is 1.44 bits per heavy atom. The number of halogens is 10. The molecule has 0 saturated heterocycles. The van der Waals surface area contributed by atoms with Gasteiger partial charge in [-0.15, -0.1) is 0 Å². The van der Waals surface area contributed by atoms with Gasteiger partial charge < -0.3 is 0 Å². The molecule has 18 heavy (non-hydrogen) atoms. The highest BCUT2D eigenvalue weighted by atomic mass is 19.4. The molecule has 0 atom stereocenters. The van der Waals surface area contributed by atoms with Crippen LogP contribution in [0.5, 0.6) is 0 Å². The number of alkyl halides is 8. The molecule has 1 aliphatic carbocycles. The van der Waals surface area contributed by atoms with Crippen LogP contribution in [0.2, 0.25) is 0 Å². The van der Waals surface area contributed by atoms with E-state index in [0.717, 1.165) is 0 Å². The molecule has 0 aromatic heterocycles. The second-order valence-corrected chi connectivity index (χ2v) is 3.26. The Balaban J connectivity index is 3.79. The highest BCUT2D eigenvalue weighted by Gasteiger charge is 2.87. The van der Waals surface area contributed by atoms with Gasteiger partial charge in [0.05, 0.1) is 0 Å². The van der Waals surface area contributed by atoms with Crippen LogP contribution in [0.1, 0.15) is 0 Å². The van der Waals surface area contributed by atoms with Crippen LogP contribution in [0.3, 0.4) is 0 Å². The first-order valence-corrected chi connectivity index (χ1v) is 3.84. The van der Waals surface area contributed by atoms with Gasteiger partial charge in [-0.25, -0.2) is 4.39 Å². The van der Waals surface area contributed by atoms with Crippen LogP contribution in [0, 0.1) is 0 Å². The van der Waals surface area contributed by atoms with Gasteiger partial charge in [0.15, 0.2) is 5.83 Å². The molecule has 0 N–H and O–H groups in total. The van der Waals surface area contributed by atoms with Crippen LogP contribution in [0.4, 0.5) is 43.9 Å². The molecule has 0 bridgehead atoms. The van der Waals surface area contributed by atoms with Crippen LogP contribution in [-0.2, 0) is 4.79 Å². The van der Waals surface area contributed by atoms with E-state index in [1.807, 2.05) is 0 Å². The lowest BCUT2D eigenvalue weighted by Gasteiger charge is -2.40. The van der Waals surface area contributed by atoms with Crippen molar-refractivity contribution >= 4 is 6.04 Å². The minimum atomic E-state index is -6.84. The summed E-state index contributed by atoms with van der Waals surface area (Å²) in [5.41, 5.74) is -3.61. The zero-order valence-electron chi connectivity index (χ0n) is 7.69. The Hall–Kier alpha value is -1.29. The summed E-state index contributed by atoms with van der Waals surface area (Å²) >= 11 is 0. The zero-order valence-corrected chi connectivity index (χ0v) is 7.69. The second kappa shape index (κ2) is 3.38. The molecule has 0 aliphatic heterocycles. The molecular weight excluding hydrogens is 290 g/mol. The monoisotopic (exact) mass is 290 g/mol. The van der Waals surface area contributed by atoms with Gasteiger partial charge in [0.25, 0.3) is 0 Å². The maximum Gasteiger partial charge on any atom is 0.385 e. The average molecular weight is 290 g/mol. The van der Waals surface area contributed by atoms with Crippen molar-refractivity contribution in [2.45, 2.75) is 23.7 Å². The van der Waals surface area contributed by atoms with Gasteiger partial charge in [-0.3, -0.25) is 4.79 Å². The molecule has 0 heterocycles. The predicted octanol–water partition coefficient (Wildman–Crippen LogP) is 3.26. The minimum Gasteiger partial charge on any atom is -0.255 e. The number of carbonyl (C=O) groups excluding carboxylic acids is 1. The van der Waals surface area contributed by atoms with Gasteiger partial charge in [0.1, 0.15) is 5.57 Å². The lowest BCUT2D eigenvalue weighted by Crippen LogP contribution is -2.67. The van der Waals surface area contributed by atoms with Crippen LogP contribution >= 0.6 is 0 Å². The fourth-order valence-electron chi connectivity index (χ4n) is 1.19. The number of hydrogen-bond acceptors (Lipinski definition) is 1. The molecular formula is C7F10O. The normalized spacial score (nSPS) is 28.1. The first-order chi connectivity index (χ1) is 7.73. The molecule has 0 amide bonds. The summed E-state index contributed by atoms with van der Waals surface area (Å²) < 4.78 is 125. The second-order valence-electron chi connectivity index (χ2n) is 3.26. The predicted molar refractivity (Wildman–Crippen MR) is 34.0 cm³/mol. The fourth-order valence-corrected chi connectivity index (χ4v) is 1.19. The van der Waals surface area contributed by atoms with Crippen LogP contribution in [-0.4, -0.2) is 29.7 Å². The molecule has 0 spiro atoms. The molecule has 1 rings (SSSR count). The average Bonchev–Trinajstić information content (AvgIpc) is 2.14. The van der Waals surface area contributed by atoms with E-state index in [1.54, 1.807) is 0 Å². The SMILES string of the molecule is O=C(F)C1=C(F)C(F)(F)C(F)(F)C(F)(F)C1(F)F. The van der Waals surface area contributed by atoms with E-state index in [0.29, 0.717) is 0 Å². The maximum absolute atomic E-state index is 12.7. The minimum absolute atomic E-state index is 3.61. The molecule has 104 valence electrons. The fraction of sp³-hybridized carbons (Fsp3) is 0.571. The van der Waals surface area contributed by atoms with Gasteiger partial charge in [-0.05, 0) is 0 Å². The number of allylic oxidation sites excluding steroid dienone is 2. The molecule has 0 saturated carbocycles. The molecule has 0 unspecified atom stereocenters. The summed E-state index contributed by atoms with van der Waals surface area (Å²) in [6.45, 7) is 0. The van der Waals surface area contributed by atoms with Crippen LogP contribution in [0.25, 0.3) is 0 Å². The van der Waals surface area contributed by atoms with Crippen molar-refractivity contribution in [1.82, 2.24) is 0 Å². The molecule has 1 aliphatic rings. The number of carbonyl (C=O) groups is 1. The van der Waals surface area contributed by atoms with Crippen molar-refractivity contribution in [1.29, 1.82) is 0 Å². The van der Waals surface area contributed by atoms with E-state index >= 15 is 0 Å². The van der Waals surface area contributed by atoms with Crippen molar-refractivity contribution in [2.75, 3.05) is 0 Å². The van der Waals surface area contributed by atoms with E-state index in [2.05, 4.69) is 0 Å². The van der Waals surface area contributed by atoms with Crippen LogP contribution < -0.4 is 0 Å². The quantitative estimate of drug-likeness (QED) is 0.535. The summed E-state index contributed by atoms with van der Waals surface area (Å²) in [4.78, 5) is 9.86. The Labute approximate surface area is 91.1 Å². The van der Waals surface area contributed by atoms with Crippen molar-refractivity contribution < 1.29 is 48.7 Å². The third-order valence-corrected chi connectivity index (χ3v) is 2.19. The van der Waals surface area contributed by atoms with Gasteiger partial charge >= 0.3 is 29.7 Å². The Morgan fingerprint density at radius 1 is 0.778 bits per heavy atom.